The van der Waals surface area contributed by atoms with E-state index in [-0.39, 0.29) is 6.71 Å². The number of rotatable bonds is 9. The van der Waals surface area contributed by atoms with Crippen molar-refractivity contribution < 1.29 is 0 Å². The molecular formula is C75H58BN3. The second kappa shape index (κ2) is 18.8. The lowest BCUT2D eigenvalue weighted by Gasteiger charge is -2.57. The molecule has 2 aliphatic carbocycles. The van der Waals surface area contributed by atoms with E-state index in [1.807, 2.05) is 0 Å². The maximum atomic E-state index is 2.89. The van der Waals surface area contributed by atoms with E-state index in [1.54, 1.807) is 0 Å². The highest BCUT2D eigenvalue weighted by atomic mass is 15.2. The summed E-state index contributed by atoms with van der Waals surface area (Å²) in [5.41, 5.74) is 26.7. The van der Waals surface area contributed by atoms with Crippen LogP contribution in [0.2, 0.25) is 0 Å². The third-order valence-electron chi connectivity index (χ3n) is 18.3. The Hall–Kier alpha value is -9.12. The summed E-state index contributed by atoms with van der Waals surface area (Å²) in [5, 5.41) is 0. The molecule has 4 aliphatic heterocycles. The van der Waals surface area contributed by atoms with Crippen molar-refractivity contribution in [3.63, 3.8) is 0 Å². The predicted octanol–water partition coefficient (Wildman–Crippen LogP) is 17.5. The zero-order valence-corrected chi connectivity index (χ0v) is 44.2. The Kier molecular flexibility index (Phi) is 11.0. The minimum Gasteiger partial charge on any atom is -0.365 e. The van der Waals surface area contributed by atoms with E-state index in [2.05, 4.69) is 282 Å². The van der Waals surface area contributed by atoms with Gasteiger partial charge in [0.1, 0.15) is 0 Å². The molecule has 11 aromatic rings. The molecule has 2 saturated carbocycles. The van der Waals surface area contributed by atoms with Crippen LogP contribution in [0.15, 0.2) is 267 Å². The first kappa shape index (κ1) is 46.0. The molecule has 0 radical (unpaired) electrons. The van der Waals surface area contributed by atoms with Crippen LogP contribution in [0, 0.1) is 11.8 Å². The maximum Gasteiger partial charge on any atom is 0.252 e. The van der Waals surface area contributed by atoms with Crippen molar-refractivity contribution in [3.05, 3.63) is 267 Å². The van der Waals surface area contributed by atoms with Crippen molar-refractivity contribution in [1.82, 2.24) is 0 Å². The lowest BCUT2D eigenvalue weighted by Crippen LogP contribution is -2.62. The van der Waals surface area contributed by atoms with Crippen LogP contribution in [0.25, 0.3) is 66.8 Å². The summed E-state index contributed by atoms with van der Waals surface area (Å²) in [6, 6.07) is 102. The SMILES string of the molecule is c1ccc(-c2ccc3c(c2)N(c2c(-c4ccccc4)cccc2-c2ccccc2)c2cc(-c4ccccc4)cc4c2B3c2ccc(N3C5CC6CC(C5)CC3C6)cc2N4c2c(-c3ccccc3)cccc2-c2ccccc2)cc1. The van der Waals surface area contributed by atoms with Gasteiger partial charge >= 0.3 is 0 Å². The largest absolute Gasteiger partial charge is 0.365 e. The van der Waals surface area contributed by atoms with E-state index in [0.29, 0.717) is 12.1 Å². The second-order valence-corrected chi connectivity index (χ2v) is 22.8. The summed E-state index contributed by atoms with van der Waals surface area (Å²) in [6.45, 7) is -0.0900. The van der Waals surface area contributed by atoms with Crippen LogP contribution < -0.4 is 31.1 Å². The van der Waals surface area contributed by atoms with Crippen LogP contribution in [0.4, 0.5) is 39.8 Å². The summed E-state index contributed by atoms with van der Waals surface area (Å²) in [6.07, 6.45) is 6.65. The molecule has 0 aromatic heterocycles. The lowest BCUT2D eigenvalue weighted by molar-refractivity contribution is 0.0900. The van der Waals surface area contributed by atoms with Gasteiger partial charge in [-0.3, -0.25) is 0 Å². The van der Waals surface area contributed by atoms with E-state index in [0.717, 1.165) is 17.5 Å². The third-order valence-corrected chi connectivity index (χ3v) is 18.3. The highest BCUT2D eigenvalue weighted by Crippen LogP contribution is 2.56. The second-order valence-electron chi connectivity index (χ2n) is 22.8. The molecule has 4 fully saturated rings. The van der Waals surface area contributed by atoms with Gasteiger partial charge in [0.15, 0.2) is 0 Å². The van der Waals surface area contributed by atoms with Gasteiger partial charge in [-0.05, 0) is 135 Å². The number of hydrogen-bond donors (Lipinski definition) is 0. The van der Waals surface area contributed by atoms with Gasteiger partial charge in [-0.25, -0.2) is 0 Å². The van der Waals surface area contributed by atoms with Gasteiger partial charge in [-0.2, -0.15) is 0 Å². The number of anilines is 7. The molecule has 0 N–H and O–H groups in total. The fourth-order valence-corrected chi connectivity index (χ4v) is 15.2. The lowest BCUT2D eigenvalue weighted by atomic mass is 9.33. The van der Waals surface area contributed by atoms with E-state index < -0.39 is 0 Å². The molecule has 4 heterocycles. The molecule has 2 saturated heterocycles. The molecule has 3 nitrogen and oxygen atoms in total. The summed E-state index contributed by atoms with van der Waals surface area (Å²) < 4.78 is 0. The molecule has 376 valence electrons. The van der Waals surface area contributed by atoms with Crippen molar-refractivity contribution in [2.75, 3.05) is 14.7 Å². The number of benzene rings is 11. The molecular weight excluding hydrogens is 954 g/mol. The molecule has 4 heteroatoms. The molecule has 6 aliphatic rings. The molecule has 0 atom stereocenters. The van der Waals surface area contributed by atoms with Gasteiger partial charge in [-0.15, -0.1) is 0 Å². The highest BCUT2D eigenvalue weighted by molar-refractivity contribution is 7.00. The van der Waals surface area contributed by atoms with Crippen LogP contribution in [-0.4, -0.2) is 18.8 Å². The number of fused-ring (bicyclic) bond motifs is 4. The Balaban J connectivity index is 1.06. The van der Waals surface area contributed by atoms with Crippen molar-refractivity contribution in [3.8, 4) is 66.8 Å². The average molecular weight is 1010 g/mol. The molecule has 17 rings (SSSR count). The average Bonchev–Trinajstić information content (AvgIpc) is 3.60. The Morgan fingerprint density at radius 3 is 1.05 bits per heavy atom. The molecule has 0 spiro atoms. The van der Waals surface area contributed by atoms with E-state index in [9.17, 15) is 0 Å². The van der Waals surface area contributed by atoms with Crippen molar-refractivity contribution in [1.29, 1.82) is 0 Å². The van der Waals surface area contributed by atoms with Crippen molar-refractivity contribution in [2.24, 2.45) is 11.8 Å². The van der Waals surface area contributed by atoms with Crippen LogP contribution >= 0.6 is 0 Å². The van der Waals surface area contributed by atoms with Gasteiger partial charge in [0.25, 0.3) is 6.71 Å². The number of piperidine rings is 2. The molecule has 79 heavy (non-hydrogen) atoms. The fourth-order valence-electron chi connectivity index (χ4n) is 15.2. The molecule has 0 unspecified atom stereocenters. The zero-order valence-electron chi connectivity index (χ0n) is 44.2. The number of para-hydroxylation sites is 2. The Bertz CT molecular complexity index is 3950. The monoisotopic (exact) mass is 1010 g/mol. The van der Waals surface area contributed by atoms with Crippen molar-refractivity contribution in [2.45, 2.75) is 44.2 Å². The van der Waals surface area contributed by atoms with E-state index >= 15 is 0 Å². The Labute approximate surface area is 464 Å². The summed E-state index contributed by atoms with van der Waals surface area (Å²) in [4.78, 5) is 8.29. The quantitative estimate of drug-likeness (QED) is 0.133. The molecule has 0 amide bonds. The summed E-state index contributed by atoms with van der Waals surface area (Å²) >= 11 is 0. The number of nitrogens with zero attached hydrogens (tertiary/aromatic N) is 3. The van der Waals surface area contributed by atoms with E-state index in [4.69, 9.17) is 0 Å². The summed E-state index contributed by atoms with van der Waals surface area (Å²) in [7, 11) is 0. The first-order valence-electron chi connectivity index (χ1n) is 28.6. The number of hydrogen-bond acceptors (Lipinski definition) is 3. The molecule has 4 bridgehead atoms. The zero-order chi connectivity index (χ0) is 52.0. The fraction of sp³-hybridized carbons (Fsp3) is 0.120. The predicted molar refractivity (Wildman–Crippen MR) is 333 cm³/mol. The van der Waals surface area contributed by atoms with Crippen LogP contribution in [-0.2, 0) is 0 Å². The molecule has 11 aromatic carbocycles. The van der Waals surface area contributed by atoms with Gasteiger partial charge < -0.3 is 14.7 Å². The maximum absolute atomic E-state index is 2.89. The standard InChI is InChI=1S/C75H58BN3/c1-7-21-52(22-8-1)58-37-39-67-69(46-58)78(74-63(54-25-11-3-12-26-54)33-19-34-64(74)55-27-13-4-14-28-55)71-47-59(53-23-9-2-10-24-53)48-72-73(71)76(67)68-40-38-60(77-61-42-50-41-51(44-61)45-62(77)43-50)49-70(68)79(72)75-65(56-29-15-5-16-30-56)35-20-36-66(75)57-31-17-6-18-32-57/h1-40,46-51,61-62H,41-45H2. The normalized spacial score (nSPS) is 18.3. The first-order valence-corrected chi connectivity index (χ1v) is 28.6. The Morgan fingerprint density at radius 2 is 0.633 bits per heavy atom. The topological polar surface area (TPSA) is 9.72 Å². The smallest absolute Gasteiger partial charge is 0.252 e. The van der Waals surface area contributed by atoms with Crippen LogP contribution in [0.5, 0.6) is 0 Å². The van der Waals surface area contributed by atoms with E-state index in [1.165, 1.54) is 149 Å². The van der Waals surface area contributed by atoms with Crippen molar-refractivity contribution >= 4 is 62.9 Å². The van der Waals surface area contributed by atoms with Gasteiger partial charge in [0, 0.05) is 62.8 Å². The van der Waals surface area contributed by atoms with Gasteiger partial charge in [-0.1, -0.05) is 237 Å². The minimum atomic E-state index is -0.0900. The van der Waals surface area contributed by atoms with Crippen LogP contribution in [0.3, 0.4) is 0 Å². The van der Waals surface area contributed by atoms with Gasteiger partial charge in [0.05, 0.1) is 11.4 Å². The first-order chi connectivity index (χ1) is 39.2. The highest BCUT2D eigenvalue weighted by Gasteiger charge is 2.49. The van der Waals surface area contributed by atoms with Crippen LogP contribution in [0.1, 0.15) is 32.1 Å². The Morgan fingerprint density at radius 1 is 0.278 bits per heavy atom. The third kappa shape index (κ3) is 7.64. The minimum absolute atomic E-state index is 0.0900. The summed E-state index contributed by atoms with van der Waals surface area (Å²) in [5.74, 6) is 1.72. The van der Waals surface area contributed by atoms with Gasteiger partial charge in [0.2, 0.25) is 0 Å².